The van der Waals surface area contributed by atoms with Crippen molar-refractivity contribution in [3.63, 3.8) is 0 Å². The van der Waals surface area contributed by atoms with Crippen LogP contribution in [0.3, 0.4) is 0 Å². The quantitative estimate of drug-likeness (QED) is 0.618. The maximum absolute atomic E-state index is 11.1. The number of hydrogen-bond acceptors (Lipinski definition) is 3. The average Bonchev–Trinajstić information content (AvgIpc) is 2.62. The van der Waals surface area contributed by atoms with Crippen molar-refractivity contribution in [3.05, 3.63) is 69.5 Å². The van der Waals surface area contributed by atoms with Gasteiger partial charge in [-0.3, -0.25) is 0 Å². The van der Waals surface area contributed by atoms with Crippen LogP contribution in [0.15, 0.2) is 58.7 Å². The molecule has 0 unspecified atom stereocenters. The highest BCUT2D eigenvalue weighted by Gasteiger charge is 2.18. The monoisotopic (exact) mass is 401 g/mol. The van der Waals surface area contributed by atoms with Crippen LogP contribution in [0, 0.1) is 17.0 Å². The zero-order valence-electron chi connectivity index (χ0n) is 13.7. The Labute approximate surface area is 155 Å². The molecule has 0 bridgehead atoms. The van der Waals surface area contributed by atoms with Gasteiger partial charge in [-0.25, -0.2) is 4.98 Å². The van der Waals surface area contributed by atoms with E-state index in [1.807, 2.05) is 36.4 Å². The van der Waals surface area contributed by atoms with Crippen LogP contribution < -0.4 is 10.4 Å². The average molecular weight is 402 g/mol. The molecule has 2 aromatic rings. The lowest BCUT2D eigenvalue weighted by Gasteiger charge is -2.29. The second kappa shape index (κ2) is 9.35. The SMILES string of the molecule is O.[O-][NH2+]c1cccnc1N1CCC(=CC#Cc2cccc(Br)c2)CC1. The predicted molar refractivity (Wildman–Crippen MR) is 103 cm³/mol. The number of benzene rings is 1. The van der Waals surface area contributed by atoms with Crippen LogP contribution in [0.25, 0.3) is 0 Å². The number of hydrogen-bond donors (Lipinski definition) is 1. The van der Waals surface area contributed by atoms with Crippen molar-refractivity contribution >= 4 is 27.4 Å². The summed E-state index contributed by atoms with van der Waals surface area (Å²) in [5.41, 5.74) is 3.87. The van der Waals surface area contributed by atoms with E-state index in [2.05, 4.69) is 37.7 Å². The van der Waals surface area contributed by atoms with Gasteiger partial charge in [-0.1, -0.05) is 39.4 Å². The molecule has 130 valence electrons. The number of quaternary nitrogens is 1. The van der Waals surface area contributed by atoms with Crippen molar-refractivity contribution in [1.29, 1.82) is 0 Å². The number of aromatic nitrogens is 1. The predicted octanol–water partition coefficient (Wildman–Crippen LogP) is 2.29. The minimum absolute atomic E-state index is 0. The second-order valence-corrected chi connectivity index (χ2v) is 6.52. The van der Waals surface area contributed by atoms with Crippen molar-refractivity contribution in [3.8, 4) is 11.8 Å². The van der Waals surface area contributed by atoms with Crippen molar-refractivity contribution in [2.45, 2.75) is 12.8 Å². The van der Waals surface area contributed by atoms with Gasteiger partial charge < -0.3 is 21.1 Å². The van der Waals surface area contributed by atoms with E-state index in [4.69, 9.17) is 0 Å². The summed E-state index contributed by atoms with van der Waals surface area (Å²) in [5, 5.41) is 11.1. The normalized spacial score (nSPS) is 13.5. The van der Waals surface area contributed by atoms with Crippen LogP contribution in [0.2, 0.25) is 0 Å². The highest BCUT2D eigenvalue weighted by atomic mass is 79.9. The summed E-state index contributed by atoms with van der Waals surface area (Å²) in [7, 11) is 0. The van der Waals surface area contributed by atoms with E-state index in [9.17, 15) is 5.21 Å². The molecular weight excluding hydrogens is 382 g/mol. The number of allylic oxidation sites excluding steroid dienone is 1. The topological polar surface area (TPSA) is 87.3 Å². The highest BCUT2D eigenvalue weighted by molar-refractivity contribution is 9.10. The van der Waals surface area contributed by atoms with E-state index in [0.29, 0.717) is 5.69 Å². The molecule has 2 heterocycles. The zero-order valence-corrected chi connectivity index (χ0v) is 15.3. The summed E-state index contributed by atoms with van der Waals surface area (Å²) >= 11 is 3.45. The molecule has 0 amide bonds. The largest absolute Gasteiger partial charge is 0.630 e. The number of piperidine rings is 1. The third kappa shape index (κ3) is 5.15. The number of nitrogens with two attached hydrogens (primary N) is 1. The molecule has 5 nitrogen and oxygen atoms in total. The number of nitrogens with zero attached hydrogens (tertiary/aromatic N) is 2. The molecule has 1 aromatic carbocycles. The lowest BCUT2D eigenvalue weighted by molar-refractivity contribution is -0.496. The minimum Gasteiger partial charge on any atom is -0.630 e. The smallest absolute Gasteiger partial charge is 0.191 e. The van der Waals surface area contributed by atoms with Gasteiger partial charge in [0.1, 0.15) is 0 Å². The Balaban J connectivity index is 0.00000225. The van der Waals surface area contributed by atoms with Gasteiger partial charge >= 0.3 is 0 Å². The molecule has 0 atom stereocenters. The van der Waals surface area contributed by atoms with Crippen molar-refractivity contribution < 1.29 is 11.0 Å². The summed E-state index contributed by atoms with van der Waals surface area (Å²) in [4.78, 5) is 6.52. The summed E-state index contributed by atoms with van der Waals surface area (Å²) in [6.07, 6.45) is 5.65. The van der Waals surface area contributed by atoms with Gasteiger partial charge in [0.05, 0.1) is 0 Å². The van der Waals surface area contributed by atoms with Crippen LogP contribution in [0.4, 0.5) is 11.5 Å². The fourth-order valence-corrected chi connectivity index (χ4v) is 3.10. The first kappa shape index (κ1) is 19.2. The molecule has 0 radical (unpaired) electrons. The first-order chi connectivity index (χ1) is 11.8. The zero-order chi connectivity index (χ0) is 16.8. The van der Waals surface area contributed by atoms with Gasteiger partial charge in [-0.2, -0.15) is 0 Å². The first-order valence-corrected chi connectivity index (χ1v) is 8.66. The lowest BCUT2D eigenvalue weighted by atomic mass is 10.0. The van der Waals surface area contributed by atoms with Gasteiger partial charge in [0.25, 0.3) is 0 Å². The fourth-order valence-electron chi connectivity index (χ4n) is 2.70. The van der Waals surface area contributed by atoms with Crippen LogP contribution in [-0.4, -0.2) is 23.5 Å². The van der Waals surface area contributed by atoms with Crippen LogP contribution in [0.5, 0.6) is 0 Å². The lowest BCUT2D eigenvalue weighted by Crippen LogP contribution is -2.70. The van der Waals surface area contributed by atoms with Crippen LogP contribution in [0.1, 0.15) is 18.4 Å². The van der Waals surface area contributed by atoms with Gasteiger partial charge in [0.15, 0.2) is 11.5 Å². The summed E-state index contributed by atoms with van der Waals surface area (Å²) in [6.45, 7) is 1.73. The molecule has 6 heteroatoms. The van der Waals surface area contributed by atoms with Gasteiger partial charge in [0, 0.05) is 35.4 Å². The third-order valence-electron chi connectivity index (χ3n) is 3.97. The molecule has 1 aliphatic heterocycles. The number of rotatable bonds is 2. The number of anilines is 1. The Morgan fingerprint density at radius 2 is 2.00 bits per heavy atom. The Bertz CT molecular complexity index is 802. The maximum atomic E-state index is 11.1. The molecule has 1 aliphatic rings. The molecule has 4 N–H and O–H groups in total. The second-order valence-electron chi connectivity index (χ2n) is 5.60. The van der Waals surface area contributed by atoms with Crippen LogP contribution in [-0.2, 0) is 0 Å². The molecule has 0 aliphatic carbocycles. The maximum Gasteiger partial charge on any atom is 0.191 e. The summed E-state index contributed by atoms with van der Waals surface area (Å²) in [6, 6.07) is 11.6. The number of halogens is 1. The Morgan fingerprint density at radius 1 is 1.20 bits per heavy atom. The van der Waals surface area contributed by atoms with E-state index >= 15 is 0 Å². The van der Waals surface area contributed by atoms with Gasteiger partial charge in [0.2, 0.25) is 0 Å². The Hall–Kier alpha value is -2.17. The molecule has 0 saturated carbocycles. The fraction of sp³-hybridized carbons (Fsp3) is 0.211. The first-order valence-electron chi connectivity index (χ1n) is 7.86. The van der Waals surface area contributed by atoms with E-state index in [1.165, 1.54) is 5.57 Å². The third-order valence-corrected chi connectivity index (χ3v) is 4.46. The Morgan fingerprint density at radius 3 is 2.72 bits per heavy atom. The van der Waals surface area contributed by atoms with Crippen molar-refractivity contribution in [1.82, 2.24) is 4.98 Å². The van der Waals surface area contributed by atoms with Gasteiger partial charge in [-0.15, -0.1) is 0 Å². The molecule has 0 spiro atoms. The molecular formula is C19H20BrN3O2. The summed E-state index contributed by atoms with van der Waals surface area (Å²) in [5.74, 6) is 7.10. The Kier molecular flexibility index (Phi) is 7.16. The minimum atomic E-state index is 0. The van der Waals surface area contributed by atoms with Gasteiger partial charge in [-0.05, 0) is 43.2 Å². The van der Waals surface area contributed by atoms with Crippen molar-refractivity contribution in [2.75, 3.05) is 18.0 Å². The summed E-state index contributed by atoms with van der Waals surface area (Å²) < 4.78 is 1.04. The molecule has 1 fully saturated rings. The van der Waals surface area contributed by atoms with Crippen molar-refractivity contribution in [2.24, 2.45) is 0 Å². The highest BCUT2D eigenvalue weighted by Crippen LogP contribution is 2.24. The van der Waals surface area contributed by atoms with Crippen LogP contribution >= 0.6 is 15.9 Å². The number of pyridine rings is 1. The molecule has 3 rings (SSSR count). The molecule has 25 heavy (non-hydrogen) atoms. The van der Waals surface area contributed by atoms with E-state index in [0.717, 1.165) is 47.3 Å². The molecule has 1 saturated heterocycles. The standard InChI is InChI=1S/C19H18BrN3O.H2O/c20-17-7-2-6-16(14-17)5-1-4-15-9-12-23(13-10-15)19-18(22-24)8-3-11-21-19;/h2-4,6-8,11,14H,9-10,12-13,22H2;1H2. The van der Waals surface area contributed by atoms with E-state index in [-0.39, 0.29) is 5.48 Å². The van der Waals surface area contributed by atoms with E-state index < -0.39 is 0 Å². The van der Waals surface area contributed by atoms with E-state index in [1.54, 1.807) is 12.3 Å². The molecule has 1 aromatic heterocycles.